The number of thioether (sulfide) groups is 1. The van der Waals surface area contributed by atoms with Crippen molar-refractivity contribution in [1.82, 2.24) is 4.90 Å². The lowest BCUT2D eigenvalue weighted by molar-refractivity contribution is -0.305. The fourth-order valence-electron chi connectivity index (χ4n) is 1.91. The number of rotatable bonds is 7. The van der Waals surface area contributed by atoms with Crippen LogP contribution in [0.15, 0.2) is 22.4 Å². The summed E-state index contributed by atoms with van der Waals surface area (Å²) in [6, 6.07) is 3.89. The zero-order valence-corrected chi connectivity index (χ0v) is 13.7. The zero-order valence-electron chi connectivity index (χ0n) is 11.2. The molecule has 1 fully saturated rings. The number of carbonyl (C=O) groups excluding carboxylic acids is 2. The van der Waals surface area contributed by atoms with Crippen molar-refractivity contribution in [2.45, 2.75) is 25.7 Å². The smallest absolute Gasteiger partial charge is 0.266 e. The molecule has 0 aromatic carbocycles. The van der Waals surface area contributed by atoms with Gasteiger partial charge in [0.2, 0.25) is 0 Å². The van der Waals surface area contributed by atoms with Gasteiger partial charge in [-0.15, -0.1) is 11.3 Å². The van der Waals surface area contributed by atoms with Crippen LogP contribution in [0.5, 0.6) is 0 Å². The van der Waals surface area contributed by atoms with E-state index < -0.39 is 5.97 Å². The lowest BCUT2D eigenvalue weighted by atomic mass is 10.2. The molecule has 0 saturated carbocycles. The third kappa shape index (κ3) is 4.66. The van der Waals surface area contributed by atoms with Crippen LogP contribution < -0.4 is 5.11 Å². The second-order valence-corrected chi connectivity index (χ2v) is 7.19. The Morgan fingerprint density at radius 1 is 1.38 bits per heavy atom. The predicted octanol–water partition coefficient (Wildman–Crippen LogP) is 2.26. The number of hydrogen-bond acceptors (Lipinski definition) is 6. The van der Waals surface area contributed by atoms with Crippen molar-refractivity contribution in [3.8, 4) is 0 Å². The normalized spacial score (nSPS) is 17.0. The van der Waals surface area contributed by atoms with Gasteiger partial charge in [0.05, 0.1) is 4.91 Å². The molecule has 1 amide bonds. The molecular weight excluding hydrogens is 326 g/mol. The summed E-state index contributed by atoms with van der Waals surface area (Å²) in [5, 5.41) is 12.3. The van der Waals surface area contributed by atoms with E-state index in [1.807, 2.05) is 23.6 Å². The number of aliphatic carboxylic acids is 1. The number of hydrogen-bond donors (Lipinski definition) is 0. The molecule has 112 valence electrons. The first kappa shape index (κ1) is 16.2. The van der Waals surface area contributed by atoms with Crippen molar-refractivity contribution in [3.63, 3.8) is 0 Å². The molecule has 1 aromatic rings. The van der Waals surface area contributed by atoms with Gasteiger partial charge < -0.3 is 9.90 Å². The average Bonchev–Trinajstić information content (AvgIpc) is 3.01. The van der Waals surface area contributed by atoms with Crippen LogP contribution in [0.3, 0.4) is 0 Å². The van der Waals surface area contributed by atoms with Crippen LogP contribution in [-0.2, 0) is 9.59 Å². The third-order valence-corrected chi connectivity index (χ3v) is 5.15. The summed E-state index contributed by atoms with van der Waals surface area (Å²) in [4.78, 5) is 25.9. The summed E-state index contributed by atoms with van der Waals surface area (Å²) in [6.07, 6.45) is 3.99. The minimum Gasteiger partial charge on any atom is -0.550 e. The van der Waals surface area contributed by atoms with Crippen LogP contribution in [0, 0.1) is 0 Å². The summed E-state index contributed by atoms with van der Waals surface area (Å²) in [5.41, 5.74) is 0. The lowest BCUT2D eigenvalue weighted by Crippen LogP contribution is -2.29. The largest absolute Gasteiger partial charge is 0.550 e. The third-order valence-electron chi connectivity index (χ3n) is 2.95. The molecule has 0 bridgehead atoms. The van der Waals surface area contributed by atoms with Gasteiger partial charge in [0.15, 0.2) is 0 Å². The number of unbranched alkanes of at least 4 members (excludes halogenated alkanes) is 2. The van der Waals surface area contributed by atoms with Crippen LogP contribution in [0.25, 0.3) is 6.08 Å². The number of nitrogens with zero attached hydrogens (tertiary/aromatic N) is 1. The molecular formula is C14H14NO3S3-. The maximum atomic E-state index is 12.3. The first-order chi connectivity index (χ1) is 10.1. The number of thiophene rings is 1. The molecule has 0 atom stereocenters. The Kier molecular flexibility index (Phi) is 5.96. The van der Waals surface area contributed by atoms with Crippen molar-refractivity contribution < 1.29 is 14.7 Å². The van der Waals surface area contributed by atoms with Gasteiger partial charge in [-0.25, -0.2) is 0 Å². The first-order valence-corrected chi connectivity index (χ1v) is 8.67. The molecule has 1 aliphatic heterocycles. The highest BCUT2D eigenvalue weighted by atomic mass is 32.2. The van der Waals surface area contributed by atoms with E-state index in [9.17, 15) is 14.7 Å². The maximum Gasteiger partial charge on any atom is 0.266 e. The van der Waals surface area contributed by atoms with Crippen molar-refractivity contribution in [1.29, 1.82) is 0 Å². The van der Waals surface area contributed by atoms with E-state index in [0.717, 1.165) is 17.7 Å². The van der Waals surface area contributed by atoms with E-state index in [1.54, 1.807) is 16.2 Å². The minimum atomic E-state index is -1.03. The van der Waals surface area contributed by atoms with Gasteiger partial charge >= 0.3 is 0 Å². The second kappa shape index (κ2) is 7.72. The molecule has 1 saturated heterocycles. The van der Waals surface area contributed by atoms with Gasteiger partial charge in [-0.3, -0.25) is 9.69 Å². The highest BCUT2D eigenvalue weighted by molar-refractivity contribution is 8.26. The Morgan fingerprint density at radius 2 is 2.19 bits per heavy atom. The SMILES string of the molecule is O=C([O-])CCCCCN1C(=O)/C(=C/c2cccs2)SC1=S. The van der Waals surface area contributed by atoms with Crippen LogP contribution in [0.4, 0.5) is 0 Å². The van der Waals surface area contributed by atoms with Crippen molar-refractivity contribution in [3.05, 3.63) is 27.3 Å². The first-order valence-electron chi connectivity index (χ1n) is 6.56. The molecule has 0 spiro atoms. The van der Waals surface area contributed by atoms with Crippen molar-refractivity contribution in [2.75, 3.05) is 6.54 Å². The molecule has 0 radical (unpaired) electrons. The molecule has 0 unspecified atom stereocenters. The Bertz CT molecular complexity index is 566. The van der Waals surface area contributed by atoms with Crippen LogP contribution in [0.1, 0.15) is 30.6 Å². The molecule has 7 heteroatoms. The van der Waals surface area contributed by atoms with Gasteiger partial charge in [0, 0.05) is 17.4 Å². The van der Waals surface area contributed by atoms with Gasteiger partial charge in [0.1, 0.15) is 4.32 Å². The van der Waals surface area contributed by atoms with E-state index in [-0.39, 0.29) is 12.3 Å². The number of carbonyl (C=O) groups is 2. The molecule has 1 aromatic heterocycles. The van der Waals surface area contributed by atoms with Crippen LogP contribution in [-0.4, -0.2) is 27.6 Å². The van der Waals surface area contributed by atoms with Crippen molar-refractivity contribution >= 4 is 57.6 Å². The minimum absolute atomic E-state index is 0.0571. The monoisotopic (exact) mass is 340 g/mol. The topological polar surface area (TPSA) is 60.4 Å². The van der Waals surface area contributed by atoms with Crippen LogP contribution >= 0.6 is 35.3 Å². The van der Waals surface area contributed by atoms with E-state index in [0.29, 0.717) is 22.2 Å². The second-order valence-electron chi connectivity index (χ2n) is 4.53. The molecule has 2 heterocycles. The Morgan fingerprint density at radius 3 is 2.86 bits per heavy atom. The average molecular weight is 340 g/mol. The molecule has 0 N–H and O–H groups in total. The molecule has 4 nitrogen and oxygen atoms in total. The molecule has 0 aliphatic carbocycles. The van der Waals surface area contributed by atoms with Crippen LogP contribution in [0.2, 0.25) is 0 Å². The summed E-state index contributed by atoms with van der Waals surface area (Å²) >= 11 is 8.13. The maximum absolute atomic E-state index is 12.3. The lowest BCUT2D eigenvalue weighted by Gasteiger charge is -2.14. The molecule has 2 rings (SSSR count). The standard InChI is InChI=1S/C14H15NO3S3/c16-12(17)6-2-1-3-7-15-13(18)11(21-14(15)19)9-10-5-4-8-20-10/h4-5,8-9H,1-3,6-7H2,(H,16,17)/p-1/b11-9-. The number of thiocarbonyl (C=S) groups is 1. The van der Waals surface area contributed by atoms with E-state index in [4.69, 9.17) is 12.2 Å². The molecule has 1 aliphatic rings. The fourth-order valence-corrected chi connectivity index (χ4v) is 3.94. The predicted molar refractivity (Wildman–Crippen MR) is 87.7 cm³/mol. The number of carboxylic acid groups (broad SMARTS) is 1. The highest BCUT2D eigenvalue weighted by Gasteiger charge is 2.31. The Labute approximate surface area is 136 Å². The number of carboxylic acids is 1. The van der Waals surface area contributed by atoms with E-state index in [2.05, 4.69) is 0 Å². The van der Waals surface area contributed by atoms with E-state index in [1.165, 1.54) is 11.8 Å². The van der Waals surface area contributed by atoms with Crippen molar-refractivity contribution in [2.24, 2.45) is 0 Å². The fraction of sp³-hybridized carbons (Fsp3) is 0.357. The summed E-state index contributed by atoms with van der Waals surface area (Å²) in [6.45, 7) is 0.541. The number of amides is 1. The quantitative estimate of drug-likeness (QED) is 0.433. The molecule has 21 heavy (non-hydrogen) atoms. The van der Waals surface area contributed by atoms with Gasteiger partial charge in [-0.1, -0.05) is 36.5 Å². The zero-order chi connectivity index (χ0) is 15.2. The Hall–Kier alpha value is -1.18. The van der Waals surface area contributed by atoms with Gasteiger partial charge in [-0.2, -0.15) is 0 Å². The summed E-state index contributed by atoms with van der Waals surface area (Å²) < 4.78 is 0.572. The highest BCUT2D eigenvalue weighted by Crippen LogP contribution is 2.33. The van der Waals surface area contributed by atoms with Gasteiger partial charge in [0.25, 0.3) is 5.91 Å². The summed E-state index contributed by atoms with van der Waals surface area (Å²) in [5.74, 6) is -1.09. The van der Waals surface area contributed by atoms with Gasteiger partial charge in [-0.05, 0) is 36.8 Å². The summed E-state index contributed by atoms with van der Waals surface area (Å²) in [7, 11) is 0. The van der Waals surface area contributed by atoms with E-state index >= 15 is 0 Å². The Balaban J connectivity index is 1.86.